The molecule has 0 aliphatic heterocycles. The topological polar surface area (TPSA) is 49.6 Å². The van der Waals surface area contributed by atoms with Crippen LogP contribution in [0.5, 0.6) is 0 Å². The van der Waals surface area contributed by atoms with Gasteiger partial charge >= 0.3 is 0 Å². The fraction of sp³-hybridized carbons (Fsp3) is 0.0714. The van der Waals surface area contributed by atoms with Crippen LogP contribution in [0.25, 0.3) is 0 Å². The fourth-order valence-electron chi connectivity index (χ4n) is 1.43. The lowest BCUT2D eigenvalue weighted by Crippen LogP contribution is -1.92. The van der Waals surface area contributed by atoms with Crippen LogP contribution in [0, 0.1) is 30.0 Å². The molecule has 0 aromatic carbocycles. The minimum Gasteiger partial charge on any atom is -0.308 e. The molecule has 0 atom stereocenters. The van der Waals surface area contributed by atoms with Gasteiger partial charge in [-0.3, -0.25) is 4.98 Å². The normalized spacial score (nSPS) is 9.63. The molecular formula is C14H9ClFN3. The third-order valence-electron chi connectivity index (χ3n) is 2.54. The lowest BCUT2D eigenvalue weighted by atomic mass is 10.1. The van der Waals surface area contributed by atoms with Crippen molar-refractivity contribution in [2.24, 2.45) is 0 Å². The van der Waals surface area contributed by atoms with Gasteiger partial charge in [-0.15, -0.1) is 0 Å². The molecule has 2 rings (SSSR count). The Labute approximate surface area is 115 Å². The van der Waals surface area contributed by atoms with Crippen molar-refractivity contribution in [3.8, 4) is 11.8 Å². The Morgan fingerprint density at radius 1 is 1.26 bits per heavy atom. The first kappa shape index (κ1) is 13.2. The fourth-order valence-corrected chi connectivity index (χ4v) is 1.59. The summed E-state index contributed by atoms with van der Waals surface area (Å²) in [6, 6.07) is 1.55. The Bertz CT molecular complexity index is 702. The number of aromatic nitrogens is 2. The monoisotopic (exact) mass is 273 g/mol. The SMILES string of the molecule is Cc1c(F)cncc1C#Cc1cnc(Cl)cc1C=N. The molecule has 2 aromatic rings. The van der Waals surface area contributed by atoms with Crippen LogP contribution in [0.15, 0.2) is 24.7 Å². The molecule has 94 valence electrons. The van der Waals surface area contributed by atoms with Crippen molar-refractivity contribution in [3.05, 3.63) is 57.9 Å². The molecule has 19 heavy (non-hydrogen) atoms. The number of rotatable bonds is 1. The van der Waals surface area contributed by atoms with Gasteiger partial charge < -0.3 is 5.41 Å². The van der Waals surface area contributed by atoms with Gasteiger partial charge in [0.2, 0.25) is 0 Å². The van der Waals surface area contributed by atoms with Gasteiger partial charge in [0.05, 0.1) is 11.8 Å². The van der Waals surface area contributed by atoms with Crippen LogP contribution in [-0.4, -0.2) is 16.2 Å². The summed E-state index contributed by atoms with van der Waals surface area (Å²) in [6.07, 6.45) is 5.28. The molecule has 3 nitrogen and oxygen atoms in total. The van der Waals surface area contributed by atoms with E-state index in [2.05, 4.69) is 21.8 Å². The molecule has 0 aliphatic rings. The Morgan fingerprint density at radius 3 is 2.74 bits per heavy atom. The Morgan fingerprint density at radius 2 is 2.00 bits per heavy atom. The van der Waals surface area contributed by atoms with Crippen LogP contribution in [0.4, 0.5) is 4.39 Å². The molecule has 0 radical (unpaired) electrons. The number of pyridine rings is 2. The molecule has 0 spiro atoms. The largest absolute Gasteiger partial charge is 0.308 e. The van der Waals surface area contributed by atoms with Crippen molar-refractivity contribution in [2.75, 3.05) is 0 Å². The lowest BCUT2D eigenvalue weighted by molar-refractivity contribution is 0.611. The summed E-state index contributed by atoms with van der Waals surface area (Å²) in [7, 11) is 0. The molecule has 0 aliphatic carbocycles. The van der Waals surface area contributed by atoms with E-state index in [-0.39, 0.29) is 0 Å². The molecule has 1 N–H and O–H groups in total. The molecule has 0 unspecified atom stereocenters. The zero-order valence-corrected chi connectivity index (χ0v) is 10.8. The summed E-state index contributed by atoms with van der Waals surface area (Å²) in [5.74, 6) is 5.28. The van der Waals surface area contributed by atoms with Crippen molar-refractivity contribution in [1.29, 1.82) is 5.41 Å². The van der Waals surface area contributed by atoms with Gasteiger partial charge in [0.25, 0.3) is 0 Å². The quantitative estimate of drug-likeness (QED) is 0.493. The summed E-state index contributed by atoms with van der Waals surface area (Å²) in [4.78, 5) is 7.66. The third kappa shape index (κ3) is 2.95. The summed E-state index contributed by atoms with van der Waals surface area (Å²) < 4.78 is 13.3. The third-order valence-corrected chi connectivity index (χ3v) is 2.75. The van der Waals surface area contributed by atoms with Crippen molar-refractivity contribution in [3.63, 3.8) is 0 Å². The van der Waals surface area contributed by atoms with Crippen LogP contribution in [0.2, 0.25) is 5.15 Å². The van der Waals surface area contributed by atoms with Crippen molar-refractivity contribution in [1.82, 2.24) is 9.97 Å². The lowest BCUT2D eigenvalue weighted by Gasteiger charge is -1.99. The smallest absolute Gasteiger partial charge is 0.145 e. The highest BCUT2D eigenvalue weighted by Gasteiger charge is 2.02. The molecule has 2 aromatic heterocycles. The van der Waals surface area contributed by atoms with E-state index in [9.17, 15) is 4.39 Å². The molecule has 0 saturated heterocycles. The molecular weight excluding hydrogens is 265 g/mol. The van der Waals surface area contributed by atoms with Crippen LogP contribution >= 0.6 is 11.6 Å². The van der Waals surface area contributed by atoms with E-state index >= 15 is 0 Å². The maximum atomic E-state index is 13.3. The van der Waals surface area contributed by atoms with Gasteiger partial charge in [0.1, 0.15) is 11.0 Å². The standard InChI is InChI=1S/C14H9ClFN3/c1-9-10(6-18-8-13(9)16)2-3-11-7-19-14(15)4-12(11)5-17/h4-8,17H,1H3. The van der Waals surface area contributed by atoms with Gasteiger partial charge in [-0.2, -0.15) is 0 Å². The van der Waals surface area contributed by atoms with Crippen LogP contribution < -0.4 is 0 Å². The second-order valence-electron chi connectivity index (χ2n) is 3.78. The molecule has 2 heterocycles. The van der Waals surface area contributed by atoms with Gasteiger partial charge in [-0.25, -0.2) is 9.37 Å². The molecule has 0 bridgehead atoms. The van der Waals surface area contributed by atoms with E-state index < -0.39 is 5.82 Å². The van der Waals surface area contributed by atoms with Crippen LogP contribution in [0.1, 0.15) is 22.3 Å². The maximum Gasteiger partial charge on any atom is 0.145 e. The number of halogens is 2. The maximum absolute atomic E-state index is 13.3. The average molecular weight is 274 g/mol. The van der Waals surface area contributed by atoms with E-state index in [1.165, 1.54) is 12.4 Å². The van der Waals surface area contributed by atoms with Crippen molar-refractivity contribution >= 4 is 17.8 Å². The predicted octanol–water partition coefficient (Wildman–Crippen LogP) is 2.97. The Hall–Kier alpha value is -2.25. The van der Waals surface area contributed by atoms with Gasteiger partial charge in [0.15, 0.2) is 0 Å². The zero-order valence-electron chi connectivity index (χ0n) is 10.0. The van der Waals surface area contributed by atoms with E-state index in [0.717, 1.165) is 12.4 Å². The predicted molar refractivity (Wildman–Crippen MR) is 72.0 cm³/mol. The van der Waals surface area contributed by atoms with Gasteiger partial charge in [-0.05, 0) is 13.0 Å². The van der Waals surface area contributed by atoms with Crippen molar-refractivity contribution < 1.29 is 4.39 Å². The number of hydrogen-bond acceptors (Lipinski definition) is 3. The Kier molecular flexibility index (Phi) is 3.88. The molecule has 0 amide bonds. The van der Waals surface area contributed by atoms with E-state index in [1.54, 1.807) is 13.0 Å². The van der Waals surface area contributed by atoms with Crippen LogP contribution in [-0.2, 0) is 0 Å². The van der Waals surface area contributed by atoms with E-state index in [1.807, 2.05) is 0 Å². The van der Waals surface area contributed by atoms with E-state index in [0.29, 0.717) is 27.4 Å². The molecule has 0 fully saturated rings. The number of hydrogen-bond donors (Lipinski definition) is 1. The van der Waals surface area contributed by atoms with Gasteiger partial charge in [0, 0.05) is 35.3 Å². The molecule has 5 heteroatoms. The summed E-state index contributed by atoms with van der Waals surface area (Å²) in [6.45, 7) is 1.64. The first-order chi connectivity index (χ1) is 9.11. The average Bonchev–Trinajstić information content (AvgIpc) is 2.41. The summed E-state index contributed by atoms with van der Waals surface area (Å²) >= 11 is 5.74. The van der Waals surface area contributed by atoms with Gasteiger partial charge in [-0.1, -0.05) is 23.4 Å². The summed E-state index contributed by atoms with van der Waals surface area (Å²) in [5, 5.41) is 7.59. The second kappa shape index (κ2) is 5.59. The Balaban J connectivity index is 2.45. The second-order valence-corrected chi connectivity index (χ2v) is 4.17. The first-order valence-electron chi connectivity index (χ1n) is 5.40. The highest BCUT2D eigenvalue weighted by atomic mass is 35.5. The highest BCUT2D eigenvalue weighted by Crippen LogP contribution is 2.12. The first-order valence-corrected chi connectivity index (χ1v) is 5.77. The zero-order chi connectivity index (χ0) is 13.8. The van der Waals surface area contributed by atoms with Crippen LogP contribution in [0.3, 0.4) is 0 Å². The number of nitrogens with zero attached hydrogens (tertiary/aromatic N) is 2. The minimum absolute atomic E-state index is 0.299. The highest BCUT2D eigenvalue weighted by molar-refractivity contribution is 6.29. The molecule has 0 saturated carbocycles. The number of nitrogens with one attached hydrogen (secondary N) is 1. The van der Waals surface area contributed by atoms with Crippen molar-refractivity contribution in [2.45, 2.75) is 6.92 Å². The minimum atomic E-state index is -0.395. The summed E-state index contributed by atoms with van der Waals surface area (Å²) in [5.41, 5.74) is 2.07. The van der Waals surface area contributed by atoms with E-state index in [4.69, 9.17) is 17.0 Å².